The van der Waals surface area contributed by atoms with Crippen LogP contribution in [0.1, 0.15) is 46.5 Å². The summed E-state index contributed by atoms with van der Waals surface area (Å²) in [5, 5.41) is 5.31. The molecule has 1 aromatic rings. The van der Waals surface area contributed by atoms with Crippen LogP contribution in [0, 0.1) is 11.2 Å². The molecule has 2 atom stereocenters. The summed E-state index contributed by atoms with van der Waals surface area (Å²) in [6.07, 6.45) is -0.972. The molecule has 0 saturated carbocycles. The average molecular weight is 451 g/mol. The lowest BCUT2D eigenvalue weighted by atomic mass is 9.84. The molecule has 3 amide bonds. The van der Waals surface area contributed by atoms with Crippen molar-refractivity contribution < 1.29 is 33.0 Å². The van der Waals surface area contributed by atoms with Gasteiger partial charge in [0, 0.05) is 12.8 Å². The van der Waals surface area contributed by atoms with E-state index in [0.717, 1.165) is 0 Å². The summed E-state index contributed by atoms with van der Waals surface area (Å²) in [7, 11) is 0. The number of ether oxygens (including phenoxy) is 3. The molecule has 2 aliphatic heterocycles. The molecule has 2 aliphatic rings. The van der Waals surface area contributed by atoms with E-state index < -0.39 is 41.5 Å². The first kappa shape index (κ1) is 23.8. The highest BCUT2D eigenvalue weighted by Crippen LogP contribution is 2.40. The van der Waals surface area contributed by atoms with Gasteiger partial charge in [-0.1, -0.05) is 26.8 Å². The molecule has 0 unspecified atom stereocenters. The lowest BCUT2D eigenvalue weighted by Gasteiger charge is -2.41. The molecule has 1 spiro atoms. The predicted molar refractivity (Wildman–Crippen MR) is 114 cm³/mol. The number of halogens is 1. The lowest BCUT2D eigenvalue weighted by Crippen LogP contribution is -2.63. The Kier molecular flexibility index (Phi) is 6.92. The quantitative estimate of drug-likeness (QED) is 0.631. The maximum Gasteiger partial charge on any atom is 0.405 e. The molecule has 0 bridgehead atoms. The van der Waals surface area contributed by atoms with Gasteiger partial charge in [-0.05, 0) is 30.4 Å². The van der Waals surface area contributed by atoms with Crippen molar-refractivity contribution in [3.8, 4) is 5.75 Å². The normalized spacial score (nSPS) is 20.9. The standard InChI is InChI=1S/C22H30FN3O6/c1-21(2,3)8-7-15(31-20(24)29)18(27)26-17-19(28)25-14-6-4-5-13(23)16(14)32-22(17)9-11-30-12-10-22/h4-6,15,17H,7-12H2,1-3H3,(H2,24,29)(H,25,28)(H,26,27)/t15-,17-/m0/s1. The fourth-order valence-electron chi connectivity index (χ4n) is 3.90. The molecule has 0 aliphatic carbocycles. The third kappa shape index (κ3) is 5.48. The Morgan fingerprint density at radius 2 is 2.03 bits per heavy atom. The molecule has 10 heteroatoms. The zero-order chi connectivity index (χ0) is 23.5. The second-order valence-electron chi connectivity index (χ2n) is 9.35. The van der Waals surface area contributed by atoms with Crippen LogP contribution < -0.4 is 21.1 Å². The minimum absolute atomic E-state index is 0.0860. The van der Waals surface area contributed by atoms with Crippen LogP contribution in [0.15, 0.2) is 18.2 Å². The molecule has 1 aromatic carbocycles. The van der Waals surface area contributed by atoms with Crippen LogP contribution in [-0.2, 0) is 19.1 Å². The number of carbonyl (C=O) groups is 3. The van der Waals surface area contributed by atoms with Gasteiger partial charge < -0.3 is 30.6 Å². The third-order valence-corrected chi connectivity index (χ3v) is 5.65. The summed E-state index contributed by atoms with van der Waals surface area (Å²) in [5.74, 6) is -1.94. The Hall–Kier alpha value is -2.88. The van der Waals surface area contributed by atoms with Crippen LogP contribution in [0.3, 0.4) is 0 Å². The van der Waals surface area contributed by atoms with Crippen molar-refractivity contribution in [2.75, 3.05) is 18.5 Å². The second-order valence-corrected chi connectivity index (χ2v) is 9.35. The average Bonchev–Trinajstić information content (AvgIpc) is 2.81. The van der Waals surface area contributed by atoms with E-state index in [2.05, 4.69) is 10.6 Å². The van der Waals surface area contributed by atoms with Crippen molar-refractivity contribution in [1.29, 1.82) is 0 Å². The van der Waals surface area contributed by atoms with Gasteiger partial charge in [-0.15, -0.1) is 0 Å². The van der Waals surface area contributed by atoms with E-state index in [1.807, 2.05) is 20.8 Å². The maximum atomic E-state index is 14.5. The second kappa shape index (κ2) is 9.32. The Morgan fingerprint density at radius 3 is 2.66 bits per heavy atom. The number of benzene rings is 1. The van der Waals surface area contributed by atoms with E-state index in [1.165, 1.54) is 18.2 Å². The van der Waals surface area contributed by atoms with E-state index in [0.29, 0.717) is 6.42 Å². The number of amides is 3. The minimum atomic E-state index is -1.23. The fraction of sp³-hybridized carbons (Fsp3) is 0.591. The summed E-state index contributed by atoms with van der Waals surface area (Å²) >= 11 is 0. The van der Waals surface area contributed by atoms with Crippen LogP contribution in [0.5, 0.6) is 5.75 Å². The number of anilines is 1. The van der Waals surface area contributed by atoms with Crippen LogP contribution in [0.4, 0.5) is 14.9 Å². The Labute approximate surface area is 186 Å². The zero-order valence-electron chi connectivity index (χ0n) is 18.5. The molecule has 4 N–H and O–H groups in total. The van der Waals surface area contributed by atoms with Gasteiger partial charge in [0.25, 0.3) is 11.8 Å². The SMILES string of the molecule is CC(C)(C)CC[C@H](OC(N)=O)C(=O)N[C@H]1C(=O)Nc2cccc(F)c2OC12CCOCC2. The fourth-order valence-corrected chi connectivity index (χ4v) is 3.90. The van der Waals surface area contributed by atoms with Crippen LogP contribution in [0.2, 0.25) is 0 Å². The highest BCUT2D eigenvalue weighted by molar-refractivity contribution is 6.00. The summed E-state index contributed by atoms with van der Waals surface area (Å²) in [6.45, 7) is 6.51. The van der Waals surface area contributed by atoms with Gasteiger partial charge in [0.05, 0.1) is 18.9 Å². The number of nitrogens with two attached hydrogens (primary N) is 1. The Bertz CT molecular complexity index is 879. The van der Waals surface area contributed by atoms with Gasteiger partial charge in [-0.3, -0.25) is 9.59 Å². The predicted octanol–water partition coefficient (Wildman–Crippen LogP) is 2.48. The minimum Gasteiger partial charge on any atom is -0.479 e. The Balaban J connectivity index is 1.89. The van der Waals surface area contributed by atoms with Crippen molar-refractivity contribution in [2.24, 2.45) is 11.1 Å². The van der Waals surface area contributed by atoms with Crippen LogP contribution >= 0.6 is 0 Å². The molecule has 9 nitrogen and oxygen atoms in total. The largest absolute Gasteiger partial charge is 0.479 e. The summed E-state index contributed by atoms with van der Waals surface area (Å²) in [6, 6.07) is 3.05. The number of rotatable bonds is 5. The topological polar surface area (TPSA) is 129 Å². The monoisotopic (exact) mass is 451 g/mol. The number of hydrogen-bond donors (Lipinski definition) is 3. The molecular formula is C22H30FN3O6. The molecule has 3 rings (SSSR count). The van der Waals surface area contributed by atoms with E-state index in [9.17, 15) is 18.8 Å². The summed E-state index contributed by atoms with van der Waals surface area (Å²) in [5.41, 5.74) is 3.99. The van der Waals surface area contributed by atoms with Gasteiger partial charge in [0.1, 0.15) is 11.6 Å². The van der Waals surface area contributed by atoms with Gasteiger partial charge in [-0.2, -0.15) is 0 Å². The number of para-hydroxylation sites is 1. The number of hydrogen-bond acceptors (Lipinski definition) is 6. The number of primary amides is 1. The van der Waals surface area contributed by atoms with Gasteiger partial charge >= 0.3 is 6.09 Å². The lowest BCUT2D eigenvalue weighted by molar-refractivity contribution is -0.140. The molecule has 0 radical (unpaired) electrons. The molecule has 32 heavy (non-hydrogen) atoms. The summed E-state index contributed by atoms with van der Waals surface area (Å²) < 4.78 is 31.1. The van der Waals surface area contributed by atoms with Crippen molar-refractivity contribution in [3.63, 3.8) is 0 Å². The van der Waals surface area contributed by atoms with E-state index in [1.54, 1.807) is 0 Å². The van der Waals surface area contributed by atoms with Gasteiger partial charge in [0.2, 0.25) is 0 Å². The third-order valence-electron chi connectivity index (χ3n) is 5.65. The van der Waals surface area contributed by atoms with Crippen LogP contribution in [-0.4, -0.2) is 48.9 Å². The van der Waals surface area contributed by atoms with Crippen LogP contribution in [0.25, 0.3) is 0 Å². The maximum absolute atomic E-state index is 14.5. The van der Waals surface area contributed by atoms with E-state index in [4.69, 9.17) is 19.9 Å². The molecule has 0 aromatic heterocycles. The first-order valence-electron chi connectivity index (χ1n) is 10.6. The van der Waals surface area contributed by atoms with E-state index in [-0.39, 0.29) is 49.3 Å². The molecule has 1 saturated heterocycles. The van der Waals surface area contributed by atoms with Crippen molar-refractivity contribution >= 4 is 23.6 Å². The van der Waals surface area contributed by atoms with Crippen molar-refractivity contribution in [1.82, 2.24) is 5.32 Å². The summed E-state index contributed by atoms with van der Waals surface area (Å²) in [4.78, 5) is 37.6. The smallest absolute Gasteiger partial charge is 0.405 e. The molecular weight excluding hydrogens is 421 g/mol. The number of nitrogens with one attached hydrogen (secondary N) is 2. The number of fused-ring (bicyclic) bond motifs is 1. The molecule has 2 heterocycles. The first-order valence-corrected chi connectivity index (χ1v) is 10.6. The highest BCUT2D eigenvalue weighted by Gasteiger charge is 2.50. The molecule has 1 fully saturated rings. The molecule has 176 valence electrons. The van der Waals surface area contributed by atoms with Crippen molar-refractivity contribution in [3.05, 3.63) is 24.0 Å². The number of carbonyl (C=O) groups excluding carboxylic acids is 3. The van der Waals surface area contributed by atoms with Crippen molar-refractivity contribution in [2.45, 2.75) is 64.2 Å². The van der Waals surface area contributed by atoms with Gasteiger partial charge in [0.15, 0.2) is 17.7 Å². The van der Waals surface area contributed by atoms with Gasteiger partial charge in [-0.25, -0.2) is 9.18 Å². The highest BCUT2D eigenvalue weighted by atomic mass is 19.1. The zero-order valence-corrected chi connectivity index (χ0v) is 18.5. The Morgan fingerprint density at radius 1 is 1.34 bits per heavy atom. The first-order chi connectivity index (χ1) is 15.0. The van der Waals surface area contributed by atoms with E-state index >= 15 is 0 Å².